The molecule has 0 unspecified atom stereocenters. The van der Waals surface area contributed by atoms with Crippen LogP contribution >= 0.6 is 11.3 Å². The van der Waals surface area contributed by atoms with Crippen LogP contribution in [0.1, 0.15) is 39.2 Å². The third-order valence-corrected chi connectivity index (χ3v) is 6.57. The molecule has 4 rings (SSSR count). The number of carbonyl (C=O) groups is 2. The van der Waals surface area contributed by atoms with Gasteiger partial charge in [0.05, 0.1) is 4.88 Å². The van der Waals surface area contributed by atoms with E-state index in [0.29, 0.717) is 38.4 Å². The molecule has 0 aliphatic carbocycles. The maximum atomic E-state index is 12.6. The van der Waals surface area contributed by atoms with E-state index in [2.05, 4.69) is 10.3 Å². The van der Waals surface area contributed by atoms with Gasteiger partial charge in [0.2, 0.25) is 11.8 Å². The molecular weight excluding hydrogens is 422 g/mol. The average molecular weight is 450 g/mol. The van der Waals surface area contributed by atoms with Crippen molar-refractivity contribution in [2.24, 2.45) is 5.92 Å². The SMILES string of the molecule is Cc1ccc(C)c(Oc2ccc(CNC(=O)C3CCN(C(=O)c4cccs4)CC3)cn2)c1. The van der Waals surface area contributed by atoms with Crippen LogP contribution in [0.25, 0.3) is 0 Å². The van der Waals surface area contributed by atoms with E-state index < -0.39 is 0 Å². The molecule has 1 aliphatic rings. The summed E-state index contributed by atoms with van der Waals surface area (Å²) in [6.07, 6.45) is 3.09. The standard InChI is InChI=1S/C25H27N3O3S/c1-17-5-6-18(2)21(14-17)31-23-8-7-19(15-26-23)16-27-24(29)20-9-11-28(12-10-20)25(30)22-4-3-13-32-22/h3-8,13-15,20H,9-12,16H2,1-2H3,(H,27,29). The van der Waals surface area contributed by atoms with Crippen molar-refractivity contribution in [3.63, 3.8) is 0 Å². The number of pyridine rings is 1. The number of likely N-dealkylation sites (tertiary alicyclic amines) is 1. The first-order chi connectivity index (χ1) is 15.5. The van der Waals surface area contributed by atoms with Crippen molar-refractivity contribution in [1.29, 1.82) is 0 Å². The summed E-state index contributed by atoms with van der Waals surface area (Å²) in [5.41, 5.74) is 3.10. The van der Waals surface area contributed by atoms with E-state index in [9.17, 15) is 9.59 Å². The van der Waals surface area contributed by atoms with Gasteiger partial charge in [0.1, 0.15) is 5.75 Å². The topological polar surface area (TPSA) is 71.5 Å². The summed E-state index contributed by atoms with van der Waals surface area (Å²) in [6, 6.07) is 13.5. The lowest BCUT2D eigenvalue weighted by molar-refractivity contribution is -0.126. The van der Waals surface area contributed by atoms with Gasteiger partial charge in [0, 0.05) is 37.8 Å². The van der Waals surface area contributed by atoms with Crippen molar-refractivity contribution in [2.45, 2.75) is 33.2 Å². The van der Waals surface area contributed by atoms with Gasteiger partial charge in [0.15, 0.2) is 0 Å². The van der Waals surface area contributed by atoms with Crippen molar-refractivity contribution in [3.8, 4) is 11.6 Å². The molecular formula is C25H27N3O3S. The van der Waals surface area contributed by atoms with Crippen LogP contribution in [-0.4, -0.2) is 34.8 Å². The number of ether oxygens (including phenoxy) is 1. The molecule has 0 saturated carbocycles. The summed E-state index contributed by atoms with van der Waals surface area (Å²) in [7, 11) is 0. The van der Waals surface area contributed by atoms with E-state index in [4.69, 9.17) is 4.74 Å². The van der Waals surface area contributed by atoms with E-state index in [1.807, 2.05) is 66.6 Å². The predicted octanol–water partition coefficient (Wildman–Crippen LogP) is 4.72. The molecule has 0 spiro atoms. The Morgan fingerprint density at radius 3 is 2.66 bits per heavy atom. The van der Waals surface area contributed by atoms with Crippen LogP contribution in [-0.2, 0) is 11.3 Å². The Labute approximate surface area is 192 Å². The summed E-state index contributed by atoms with van der Waals surface area (Å²) in [5.74, 6) is 1.35. The Hall–Kier alpha value is -3.19. The first-order valence-electron chi connectivity index (χ1n) is 10.8. The minimum absolute atomic E-state index is 0.0314. The summed E-state index contributed by atoms with van der Waals surface area (Å²) in [6.45, 7) is 5.67. The molecule has 2 aromatic heterocycles. The number of nitrogens with zero attached hydrogens (tertiary/aromatic N) is 2. The molecule has 6 nitrogen and oxygen atoms in total. The molecule has 2 amide bonds. The van der Waals surface area contributed by atoms with Crippen molar-refractivity contribution >= 4 is 23.2 Å². The smallest absolute Gasteiger partial charge is 0.263 e. The Kier molecular flexibility index (Phi) is 6.85. The van der Waals surface area contributed by atoms with Crippen molar-refractivity contribution in [1.82, 2.24) is 15.2 Å². The highest BCUT2D eigenvalue weighted by Crippen LogP contribution is 2.25. The summed E-state index contributed by atoms with van der Waals surface area (Å²) in [5, 5.41) is 4.91. The van der Waals surface area contributed by atoms with Gasteiger partial charge in [-0.15, -0.1) is 11.3 Å². The minimum atomic E-state index is -0.0674. The Morgan fingerprint density at radius 1 is 1.16 bits per heavy atom. The van der Waals surface area contributed by atoms with Crippen LogP contribution in [0.15, 0.2) is 54.0 Å². The van der Waals surface area contributed by atoms with Crippen molar-refractivity contribution in [3.05, 3.63) is 75.6 Å². The number of aromatic nitrogens is 1. The molecule has 0 radical (unpaired) electrons. The van der Waals surface area contributed by atoms with Crippen LogP contribution in [0, 0.1) is 19.8 Å². The van der Waals surface area contributed by atoms with Gasteiger partial charge in [0.25, 0.3) is 5.91 Å². The quantitative estimate of drug-likeness (QED) is 0.591. The molecule has 1 N–H and O–H groups in total. The summed E-state index contributed by atoms with van der Waals surface area (Å²) < 4.78 is 5.89. The van der Waals surface area contributed by atoms with E-state index in [-0.39, 0.29) is 17.7 Å². The monoisotopic (exact) mass is 449 g/mol. The molecule has 32 heavy (non-hydrogen) atoms. The van der Waals surface area contributed by atoms with Crippen LogP contribution in [0.3, 0.4) is 0 Å². The fourth-order valence-electron chi connectivity index (χ4n) is 3.74. The largest absolute Gasteiger partial charge is 0.439 e. The second kappa shape index (κ2) is 9.96. The first-order valence-corrected chi connectivity index (χ1v) is 11.7. The van der Waals surface area contributed by atoms with Crippen LogP contribution in [0.2, 0.25) is 0 Å². The highest BCUT2D eigenvalue weighted by atomic mass is 32.1. The Balaban J connectivity index is 1.24. The second-order valence-corrected chi connectivity index (χ2v) is 9.08. The maximum absolute atomic E-state index is 12.6. The fraction of sp³-hybridized carbons (Fsp3) is 0.320. The summed E-state index contributed by atoms with van der Waals surface area (Å²) in [4.78, 5) is 32.0. The number of amides is 2. The van der Waals surface area contributed by atoms with E-state index >= 15 is 0 Å². The second-order valence-electron chi connectivity index (χ2n) is 8.14. The number of carbonyl (C=O) groups excluding carboxylic acids is 2. The summed E-state index contributed by atoms with van der Waals surface area (Å²) >= 11 is 1.45. The molecule has 0 atom stereocenters. The fourth-order valence-corrected chi connectivity index (χ4v) is 4.43. The zero-order valence-corrected chi connectivity index (χ0v) is 19.2. The number of rotatable bonds is 6. The molecule has 0 bridgehead atoms. The predicted molar refractivity (Wildman–Crippen MR) is 125 cm³/mol. The van der Waals surface area contributed by atoms with Gasteiger partial charge in [-0.1, -0.05) is 24.3 Å². The number of hydrogen-bond donors (Lipinski definition) is 1. The van der Waals surface area contributed by atoms with Gasteiger partial charge >= 0.3 is 0 Å². The van der Waals surface area contributed by atoms with E-state index in [1.165, 1.54) is 11.3 Å². The van der Waals surface area contributed by atoms with E-state index in [1.54, 1.807) is 6.20 Å². The number of aryl methyl sites for hydroxylation is 2. The minimum Gasteiger partial charge on any atom is -0.439 e. The normalized spacial score (nSPS) is 14.2. The van der Waals surface area contributed by atoms with Gasteiger partial charge in [-0.05, 0) is 60.9 Å². The molecule has 7 heteroatoms. The maximum Gasteiger partial charge on any atom is 0.263 e. The molecule has 1 fully saturated rings. The van der Waals surface area contributed by atoms with Crippen molar-refractivity contribution < 1.29 is 14.3 Å². The molecule has 1 saturated heterocycles. The first kappa shape index (κ1) is 22.0. The zero-order valence-electron chi connectivity index (χ0n) is 18.3. The number of piperidine rings is 1. The zero-order chi connectivity index (χ0) is 22.5. The number of nitrogens with one attached hydrogen (secondary N) is 1. The van der Waals surface area contributed by atoms with Crippen LogP contribution in [0.5, 0.6) is 11.6 Å². The molecule has 3 heterocycles. The lowest BCUT2D eigenvalue weighted by Gasteiger charge is -2.31. The lowest BCUT2D eigenvalue weighted by atomic mass is 9.95. The highest BCUT2D eigenvalue weighted by molar-refractivity contribution is 7.12. The Bertz CT molecular complexity index is 1070. The molecule has 1 aromatic carbocycles. The molecule has 3 aromatic rings. The third kappa shape index (κ3) is 5.34. The van der Waals surface area contributed by atoms with E-state index in [0.717, 1.165) is 27.3 Å². The number of benzene rings is 1. The third-order valence-electron chi connectivity index (χ3n) is 5.71. The Morgan fingerprint density at radius 2 is 1.97 bits per heavy atom. The van der Waals surface area contributed by atoms with Gasteiger partial charge < -0.3 is 15.0 Å². The lowest BCUT2D eigenvalue weighted by Crippen LogP contribution is -2.42. The highest BCUT2D eigenvalue weighted by Gasteiger charge is 2.28. The molecule has 166 valence electrons. The average Bonchev–Trinajstić information content (AvgIpc) is 3.35. The van der Waals surface area contributed by atoms with Gasteiger partial charge in [-0.2, -0.15) is 0 Å². The van der Waals surface area contributed by atoms with Gasteiger partial charge in [-0.25, -0.2) is 4.98 Å². The van der Waals surface area contributed by atoms with Crippen LogP contribution < -0.4 is 10.1 Å². The van der Waals surface area contributed by atoms with Crippen molar-refractivity contribution in [2.75, 3.05) is 13.1 Å². The van der Waals surface area contributed by atoms with Gasteiger partial charge in [-0.3, -0.25) is 9.59 Å². The molecule has 1 aliphatic heterocycles. The number of hydrogen-bond acceptors (Lipinski definition) is 5. The number of thiophene rings is 1. The van der Waals surface area contributed by atoms with Crippen LogP contribution in [0.4, 0.5) is 0 Å².